The van der Waals surface area contributed by atoms with Crippen LogP contribution < -0.4 is 10.5 Å². The fraction of sp³-hybridized carbons (Fsp3) is 0.571. The average molecular weight is 263 g/mol. The number of pyridine rings is 1. The predicted molar refractivity (Wildman–Crippen MR) is 73.7 cm³/mol. The van der Waals surface area contributed by atoms with E-state index in [0.717, 1.165) is 31.4 Å². The maximum absolute atomic E-state index is 7.57. The predicted octanol–water partition coefficient (Wildman–Crippen LogP) is 2.01. The lowest BCUT2D eigenvalue weighted by molar-refractivity contribution is 0.0194. The van der Waals surface area contributed by atoms with Gasteiger partial charge in [-0.3, -0.25) is 5.41 Å². The highest BCUT2D eigenvalue weighted by atomic mass is 16.5. The molecule has 2 atom stereocenters. The van der Waals surface area contributed by atoms with Crippen LogP contribution in [-0.4, -0.2) is 30.1 Å². The summed E-state index contributed by atoms with van der Waals surface area (Å²) in [5, 5.41) is 7.57. The van der Waals surface area contributed by atoms with Crippen LogP contribution in [0.2, 0.25) is 0 Å². The Hall–Kier alpha value is -1.62. The SMILES string of the molecule is COC1CCCC(Oc2nc(C)ccc2C(=N)N)C1. The zero-order chi connectivity index (χ0) is 13.8. The lowest BCUT2D eigenvalue weighted by Crippen LogP contribution is -2.30. The van der Waals surface area contributed by atoms with Gasteiger partial charge in [-0.15, -0.1) is 0 Å². The van der Waals surface area contributed by atoms with Gasteiger partial charge in [0.2, 0.25) is 5.88 Å². The number of nitrogens with zero attached hydrogens (tertiary/aromatic N) is 1. The van der Waals surface area contributed by atoms with Gasteiger partial charge in [0.15, 0.2) is 0 Å². The van der Waals surface area contributed by atoms with Gasteiger partial charge in [-0.25, -0.2) is 4.98 Å². The summed E-state index contributed by atoms with van der Waals surface area (Å²) in [6.45, 7) is 1.90. The van der Waals surface area contributed by atoms with Crippen molar-refractivity contribution in [3.8, 4) is 5.88 Å². The third-order valence-corrected chi connectivity index (χ3v) is 3.48. The van der Waals surface area contributed by atoms with E-state index in [9.17, 15) is 0 Å². The summed E-state index contributed by atoms with van der Waals surface area (Å²) in [5.74, 6) is 0.454. The van der Waals surface area contributed by atoms with Crippen molar-refractivity contribution >= 4 is 5.84 Å². The zero-order valence-corrected chi connectivity index (χ0v) is 11.5. The van der Waals surface area contributed by atoms with Crippen LogP contribution in [0.15, 0.2) is 12.1 Å². The van der Waals surface area contributed by atoms with E-state index < -0.39 is 0 Å². The molecule has 1 aromatic rings. The second-order valence-electron chi connectivity index (χ2n) is 4.98. The first-order valence-corrected chi connectivity index (χ1v) is 6.61. The van der Waals surface area contributed by atoms with Gasteiger partial charge in [0.05, 0.1) is 11.7 Å². The van der Waals surface area contributed by atoms with E-state index in [1.807, 2.05) is 13.0 Å². The highest BCUT2D eigenvalue weighted by molar-refractivity contribution is 5.97. The third kappa shape index (κ3) is 3.44. The lowest BCUT2D eigenvalue weighted by Gasteiger charge is -2.28. The Morgan fingerprint density at radius 1 is 1.37 bits per heavy atom. The van der Waals surface area contributed by atoms with Gasteiger partial charge >= 0.3 is 0 Å². The van der Waals surface area contributed by atoms with Crippen LogP contribution in [0.1, 0.15) is 36.9 Å². The minimum atomic E-state index is -0.0124. The molecule has 0 amide bonds. The van der Waals surface area contributed by atoms with E-state index in [4.69, 9.17) is 20.6 Å². The summed E-state index contributed by atoms with van der Waals surface area (Å²) < 4.78 is 11.3. The standard InChI is InChI=1S/C14H21N3O2/c1-9-6-7-12(13(15)16)14(17-9)19-11-5-3-4-10(8-11)18-2/h6-7,10-11H,3-5,8H2,1-2H3,(H3,15,16). The first-order valence-electron chi connectivity index (χ1n) is 6.61. The molecule has 1 heterocycles. The molecule has 104 valence electrons. The molecule has 2 rings (SSSR count). The quantitative estimate of drug-likeness (QED) is 0.643. The summed E-state index contributed by atoms with van der Waals surface area (Å²) in [6.07, 6.45) is 4.37. The smallest absolute Gasteiger partial charge is 0.225 e. The van der Waals surface area contributed by atoms with Crippen molar-refractivity contribution in [1.82, 2.24) is 4.98 Å². The van der Waals surface area contributed by atoms with Crippen LogP contribution in [0.5, 0.6) is 5.88 Å². The number of nitrogens with two attached hydrogens (primary N) is 1. The van der Waals surface area contributed by atoms with Crippen LogP contribution in [0.25, 0.3) is 0 Å². The number of ether oxygens (including phenoxy) is 2. The average Bonchev–Trinajstić information content (AvgIpc) is 2.38. The molecule has 3 N–H and O–H groups in total. The molecule has 5 nitrogen and oxygen atoms in total. The lowest BCUT2D eigenvalue weighted by atomic mass is 9.95. The fourth-order valence-electron chi connectivity index (χ4n) is 2.41. The van der Waals surface area contributed by atoms with E-state index >= 15 is 0 Å². The van der Waals surface area contributed by atoms with Crippen molar-refractivity contribution in [3.05, 3.63) is 23.4 Å². The molecule has 0 aliphatic heterocycles. The fourth-order valence-corrected chi connectivity index (χ4v) is 2.41. The molecule has 0 bridgehead atoms. The molecule has 1 aliphatic rings. The van der Waals surface area contributed by atoms with Crippen molar-refractivity contribution in [2.45, 2.75) is 44.8 Å². The van der Waals surface area contributed by atoms with E-state index in [2.05, 4.69) is 4.98 Å². The molecule has 1 aromatic heterocycles. The van der Waals surface area contributed by atoms with E-state index in [1.165, 1.54) is 0 Å². The van der Waals surface area contributed by atoms with Crippen molar-refractivity contribution in [2.24, 2.45) is 5.73 Å². The van der Waals surface area contributed by atoms with Crippen LogP contribution in [0.4, 0.5) is 0 Å². The summed E-state index contributed by atoms with van der Waals surface area (Å²) >= 11 is 0. The number of methoxy groups -OCH3 is 1. The van der Waals surface area contributed by atoms with Crippen molar-refractivity contribution in [1.29, 1.82) is 5.41 Å². The number of aromatic nitrogens is 1. The minimum absolute atomic E-state index is 0.0124. The molecule has 2 unspecified atom stereocenters. The Balaban J connectivity index is 2.13. The van der Waals surface area contributed by atoms with Gasteiger partial charge in [0.25, 0.3) is 0 Å². The highest BCUT2D eigenvalue weighted by Crippen LogP contribution is 2.26. The molecule has 1 fully saturated rings. The molecule has 5 heteroatoms. The summed E-state index contributed by atoms with van der Waals surface area (Å²) in [7, 11) is 1.74. The number of nitrogen functional groups attached to an aromatic ring is 1. The summed E-state index contributed by atoms with van der Waals surface area (Å²) in [6, 6.07) is 3.62. The van der Waals surface area contributed by atoms with E-state index in [1.54, 1.807) is 13.2 Å². The van der Waals surface area contributed by atoms with Crippen LogP contribution in [0, 0.1) is 12.3 Å². The molecule has 0 spiro atoms. The summed E-state index contributed by atoms with van der Waals surface area (Å²) in [5.41, 5.74) is 6.98. The first kappa shape index (κ1) is 13.8. The number of hydrogen-bond acceptors (Lipinski definition) is 4. The van der Waals surface area contributed by atoms with Gasteiger partial charge in [-0.1, -0.05) is 0 Å². The van der Waals surface area contributed by atoms with Gasteiger partial charge in [-0.2, -0.15) is 0 Å². The minimum Gasteiger partial charge on any atom is -0.474 e. The van der Waals surface area contributed by atoms with Crippen LogP contribution in [-0.2, 0) is 4.74 Å². The Labute approximate surface area is 113 Å². The number of nitrogens with one attached hydrogen (secondary N) is 1. The molecule has 0 radical (unpaired) electrons. The number of hydrogen-bond donors (Lipinski definition) is 2. The molecular formula is C14H21N3O2. The number of aryl methyl sites for hydroxylation is 1. The first-order chi connectivity index (χ1) is 9.10. The maximum atomic E-state index is 7.57. The monoisotopic (exact) mass is 263 g/mol. The Kier molecular flexibility index (Phi) is 4.37. The van der Waals surface area contributed by atoms with Crippen molar-refractivity contribution in [3.63, 3.8) is 0 Å². The normalized spacial score (nSPS) is 23.1. The van der Waals surface area contributed by atoms with Crippen LogP contribution >= 0.6 is 0 Å². The van der Waals surface area contributed by atoms with Crippen molar-refractivity contribution in [2.75, 3.05) is 7.11 Å². The van der Waals surface area contributed by atoms with Crippen LogP contribution in [0.3, 0.4) is 0 Å². The number of rotatable bonds is 4. The molecule has 0 aromatic carbocycles. The van der Waals surface area contributed by atoms with E-state index in [0.29, 0.717) is 11.4 Å². The van der Waals surface area contributed by atoms with Gasteiger partial charge in [0.1, 0.15) is 11.9 Å². The van der Waals surface area contributed by atoms with Crippen molar-refractivity contribution < 1.29 is 9.47 Å². The topological polar surface area (TPSA) is 81.2 Å². The number of amidine groups is 1. The van der Waals surface area contributed by atoms with Gasteiger partial charge < -0.3 is 15.2 Å². The Morgan fingerprint density at radius 2 is 2.11 bits per heavy atom. The molecule has 1 aliphatic carbocycles. The Bertz CT molecular complexity index is 462. The molecule has 19 heavy (non-hydrogen) atoms. The molecule has 0 saturated heterocycles. The molecular weight excluding hydrogens is 242 g/mol. The molecule has 1 saturated carbocycles. The second-order valence-corrected chi connectivity index (χ2v) is 4.98. The maximum Gasteiger partial charge on any atom is 0.225 e. The summed E-state index contributed by atoms with van der Waals surface area (Å²) in [4.78, 5) is 4.36. The second kappa shape index (κ2) is 6.02. The largest absolute Gasteiger partial charge is 0.474 e. The third-order valence-electron chi connectivity index (χ3n) is 3.48. The Morgan fingerprint density at radius 3 is 2.79 bits per heavy atom. The zero-order valence-electron chi connectivity index (χ0n) is 11.5. The van der Waals surface area contributed by atoms with E-state index in [-0.39, 0.29) is 18.0 Å². The highest BCUT2D eigenvalue weighted by Gasteiger charge is 2.24. The van der Waals surface area contributed by atoms with Gasteiger partial charge in [-0.05, 0) is 38.3 Å². The van der Waals surface area contributed by atoms with Gasteiger partial charge in [0, 0.05) is 19.2 Å².